The second-order valence-corrected chi connectivity index (χ2v) is 7.64. The van der Waals surface area contributed by atoms with Crippen LogP contribution in [0.2, 0.25) is 0 Å². The lowest BCUT2D eigenvalue weighted by atomic mass is 10.00. The third-order valence-corrected chi connectivity index (χ3v) is 5.46. The fraction of sp³-hybridized carbons (Fsp3) is 0.250. The monoisotopic (exact) mass is 431 g/mol. The lowest BCUT2D eigenvalue weighted by Crippen LogP contribution is -2.39. The number of H-pyrrole nitrogens is 1. The number of anilines is 1. The average molecular weight is 431 g/mol. The molecule has 3 N–H and O–H groups in total. The molecule has 0 unspecified atom stereocenters. The van der Waals surface area contributed by atoms with Crippen LogP contribution >= 0.6 is 0 Å². The molecule has 0 fully saturated rings. The maximum absolute atomic E-state index is 13.7. The first-order chi connectivity index (χ1) is 15.7. The highest BCUT2D eigenvalue weighted by Gasteiger charge is 2.32. The minimum absolute atomic E-state index is 0.0930. The predicted octanol–water partition coefficient (Wildman–Crippen LogP) is 2.88. The van der Waals surface area contributed by atoms with Crippen molar-refractivity contribution in [2.45, 2.75) is 31.7 Å². The molecule has 8 nitrogen and oxygen atoms in total. The predicted molar refractivity (Wildman–Crippen MR) is 121 cm³/mol. The molecule has 4 rings (SSSR count). The van der Waals surface area contributed by atoms with Gasteiger partial charge in [0.1, 0.15) is 6.04 Å². The number of aromatic amines is 1. The third kappa shape index (κ3) is 4.76. The maximum atomic E-state index is 13.7. The van der Waals surface area contributed by atoms with E-state index >= 15 is 0 Å². The van der Waals surface area contributed by atoms with E-state index in [2.05, 4.69) is 9.97 Å². The fourth-order valence-corrected chi connectivity index (χ4v) is 3.89. The van der Waals surface area contributed by atoms with Crippen LogP contribution in [0, 0.1) is 0 Å². The lowest BCUT2D eigenvalue weighted by Gasteiger charge is -2.25. The van der Waals surface area contributed by atoms with Gasteiger partial charge in [-0.3, -0.25) is 19.8 Å². The number of aliphatic imine (C=N–C) groups is 1. The molecule has 8 heteroatoms. The second-order valence-electron chi connectivity index (χ2n) is 7.64. The van der Waals surface area contributed by atoms with E-state index in [0.717, 1.165) is 28.2 Å². The summed E-state index contributed by atoms with van der Waals surface area (Å²) in [4.78, 5) is 38.9. The second kappa shape index (κ2) is 10.0. The Hall–Kier alpha value is -3.78. The summed E-state index contributed by atoms with van der Waals surface area (Å²) in [5.74, 6) is -0.524. The van der Waals surface area contributed by atoms with Crippen LogP contribution in [0.4, 0.5) is 5.69 Å². The van der Waals surface area contributed by atoms with Gasteiger partial charge in [-0.15, -0.1) is 0 Å². The summed E-state index contributed by atoms with van der Waals surface area (Å²) in [6, 6.07) is 17.0. The van der Waals surface area contributed by atoms with Gasteiger partial charge in [0.15, 0.2) is 0 Å². The van der Waals surface area contributed by atoms with Crippen molar-refractivity contribution in [1.29, 1.82) is 0 Å². The molecule has 32 heavy (non-hydrogen) atoms. The van der Waals surface area contributed by atoms with Gasteiger partial charge in [-0.25, -0.2) is 10.5 Å². The van der Waals surface area contributed by atoms with Crippen LogP contribution in [0.3, 0.4) is 0 Å². The smallest absolute Gasteiger partial charge is 0.252 e. The number of nitrogens with one attached hydrogen (secondary N) is 2. The molecule has 1 aromatic heterocycles. The highest BCUT2D eigenvalue weighted by atomic mass is 16.5. The first-order valence-electron chi connectivity index (χ1n) is 10.6. The molecule has 0 radical (unpaired) electrons. The molecule has 1 aliphatic rings. The van der Waals surface area contributed by atoms with Crippen LogP contribution in [0.5, 0.6) is 0 Å². The zero-order chi connectivity index (χ0) is 22.3. The largest absolute Gasteiger partial charge is 0.348 e. The molecule has 0 spiro atoms. The summed E-state index contributed by atoms with van der Waals surface area (Å²) in [7, 11) is 0. The Morgan fingerprint density at radius 1 is 1.09 bits per heavy atom. The minimum Gasteiger partial charge on any atom is -0.348 e. The molecule has 0 bridgehead atoms. The van der Waals surface area contributed by atoms with E-state index in [1.807, 2.05) is 54.6 Å². The molecule has 1 aliphatic heterocycles. The number of carbonyl (C=O) groups excluding carboxylic acids is 2. The van der Waals surface area contributed by atoms with Crippen LogP contribution in [0.15, 0.2) is 72.1 Å². The standard InChI is InChI=1S/C24H25N5O3/c30-22(28-32)12-6-7-13-29-21-11-5-4-10-19(21)23(17-8-2-1-3-9-17)27-20(24(29)31)14-18-15-25-16-26-18/h1-5,8-11,15-16,20,32H,6-7,12-14H2,(H,25,26)(H,28,30)/t20-/m0/s1. The Balaban J connectivity index is 1.70. The Morgan fingerprint density at radius 2 is 1.88 bits per heavy atom. The zero-order valence-electron chi connectivity index (χ0n) is 17.6. The third-order valence-electron chi connectivity index (χ3n) is 5.46. The van der Waals surface area contributed by atoms with Crippen LogP contribution in [0.1, 0.15) is 36.1 Å². The van der Waals surface area contributed by atoms with E-state index in [0.29, 0.717) is 25.8 Å². The molecule has 164 valence electrons. The van der Waals surface area contributed by atoms with Crippen LogP contribution in [-0.4, -0.2) is 45.3 Å². The maximum Gasteiger partial charge on any atom is 0.252 e. The molecule has 2 aromatic carbocycles. The van der Waals surface area contributed by atoms with Gasteiger partial charge in [-0.2, -0.15) is 0 Å². The van der Waals surface area contributed by atoms with Gasteiger partial charge < -0.3 is 9.88 Å². The first kappa shape index (κ1) is 21.5. The van der Waals surface area contributed by atoms with Crippen LogP contribution in [0.25, 0.3) is 0 Å². The Bertz CT molecular complexity index is 1100. The molecule has 0 saturated heterocycles. The van der Waals surface area contributed by atoms with E-state index < -0.39 is 11.9 Å². The Kier molecular flexibility index (Phi) is 6.72. The Morgan fingerprint density at radius 3 is 2.62 bits per heavy atom. The number of hydroxylamine groups is 1. The van der Waals surface area contributed by atoms with Crippen molar-refractivity contribution >= 4 is 23.2 Å². The van der Waals surface area contributed by atoms with Gasteiger partial charge in [0.2, 0.25) is 5.91 Å². The van der Waals surface area contributed by atoms with Crippen molar-refractivity contribution in [1.82, 2.24) is 15.4 Å². The summed E-state index contributed by atoms with van der Waals surface area (Å²) in [5.41, 5.74) is 5.91. The zero-order valence-corrected chi connectivity index (χ0v) is 17.6. The summed E-state index contributed by atoms with van der Waals surface area (Å²) in [6.45, 7) is 0.450. The van der Waals surface area contributed by atoms with Crippen LogP contribution < -0.4 is 10.4 Å². The normalized spacial score (nSPS) is 15.7. The molecule has 0 saturated carbocycles. The van der Waals surface area contributed by atoms with E-state index in [1.165, 1.54) is 0 Å². The van der Waals surface area contributed by atoms with E-state index in [-0.39, 0.29) is 12.3 Å². The SMILES string of the molecule is O=C(CCCCN1C(=O)[C@H](Cc2cnc[nH]2)N=C(c2ccccc2)c2ccccc21)NO. The van der Waals surface area contributed by atoms with Crippen molar-refractivity contribution in [3.8, 4) is 0 Å². The van der Waals surface area contributed by atoms with Crippen molar-refractivity contribution in [3.05, 3.63) is 83.9 Å². The number of aromatic nitrogens is 2. The number of imidazole rings is 1. The van der Waals surface area contributed by atoms with Gasteiger partial charge in [-0.1, -0.05) is 48.5 Å². The molecule has 2 heterocycles. The number of amides is 2. The van der Waals surface area contributed by atoms with Gasteiger partial charge in [-0.05, 0) is 18.9 Å². The number of benzodiazepines with no additional fused rings is 1. The highest BCUT2D eigenvalue weighted by Crippen LogP contribution is 2.29. The van der Waals surface area contributed by atoms with Gasteiger partial charge in [0.05, 0.1) is 17.7 Å². The van der Waals surface area contributed by atoms with E-state index in [1.54, 1.807) is 22.9 Å². The summed E-state index contributed by atoms with van der Waals surface area (Å²) < 4.78 is 0. The number of fused-ring (bicyclic) bond motifs is 1. The number of carbonyl (C=O) groups is 2. The van der Waals surface area contributed by atoms with E-state index in [4.69, 9.17) is 10.2 Å². The summed E-state index contributed by atoms with van der Waals surface area (Å²) >= 11 is 0. The molecule has 1 atom stereocenters. The van der Waals surface area contributed by atoms with Gasteiger partial charge in [0, 0.05) is 42.4 Å². The fourth-order valence-electron chi connectivity index (χ4n) is 3.89. The van der Waals surface area contributed by atoms with Crippen molar-refractivity contribution in [2.24, 2.45) is 4.99 Å². The number of para-hydroxylation sites is 1. The highest BCUT2D eigenvalue weighted by molar-refractivity contribution is 6.20. The van der Waals surface area contributed by atoms with Crippen molar-refractivity contribution < 1.29 is 14.8 Å². The summed E-state index contributed by atoms with van der Waals surface area (Å²) in [5, 5.41) is 8.70. The van der Waals surface area contributed by atoms with E-state index in [9.17, 15) is 9.59 Å². The molecule has 3 aromatic rings. The molecule has 2 amide bonds. The lowest BCUT2D eigenvalue weighted by molar-refractivity contribution is -0.129. The minimum atomic E-state index is -0.612. The topological polar surface area (TPSA) is 111 Å². The first-order valence-corrected chi connectivity index (χ1v) is 10.6. The number of benzene rings is 2. The van der Waals surface area contributed by atoms with Crippen molar-refractivity contribution in [2.75, 3.05) is 11.4 Å². The number of hydrogen-bond donors (Lipinski definition) is 3. The Labute approximate surface area is 186 Å². The number of nitrogens with zero attached hydrogens (tertiary/aromatic N) is 3. The van der Waals surface area contributed by atoms with Gasteiger partial charge in [0.25, 0.3) is 5.91 Å². The number of rotatable bonds is 8. The number of unbranched alkanes of at least 4 members (excludes halogenated alkanes) is 1. The van der Waals surface area contributed by atoms with Crippen molar-refractivity contribution in [3.63, 3.8) is 0 Å². The quantitative estimate of drug-likeness (QED) is 0.289. The number of hydrogen-bond acceptors (Lipinski definition) is 5. The molecular weight excluding hydrogens is 406 g/mol. The summed E-state index contributed by atoms with van der Waals surface area (Å²) in [6.07, 6.45) is 5.08. The van der Waals surface area contributed by atoms with Gasteiger partial charge >= 0.3 is 0 Å². The molecule has 0 aliphatic carbocycles. The molecular formula is C24H25N5O3. The average Bonchev–Trinajstić information content (AvgIpc) is 3.31. The van der Waals surface area contributed by atoms with Crippen LogP contribution in [-0.2, 0) is 16.0 Å².